The van der Waals surface area contributed by atoms with Crippen LogP contribution in [0.25, 0.3) is 0 Å². The normalized spacial score (nSPS) is 12.5. The molecule has 0 bridgehead atoms. The van der Waals surface area contributed by atoms with Crippen molar-refractivity contribution < 1.29 is 0 Å². The minimum Gasteiger partial charge on any atom is -0.316 e. The van der Waals surface area contributed by atoms with E-state index in [0.29, 0.717) is 5.41 Å². The molecule has 0 aromatic heterocycles. The molecule has 0 aliphatic carbocycles. The van der Waals surface area contributed by atoms with Gasteiger partial charge in [-0.25, -0.2) is 0 Å². The molecule has 1 heteroatoms. The first-order valence-electron chi connectivity index (χ1n) is 5.12. The van der Waals surface area contributed by atoms with Crippen LogP contribution in [0.4, 0.5) is 0 Å². The summed E-state index contributed by atoms with van der Waals surface area (Å²) in [6.45, 7) is 13.7. The first-order valence-corrected chi connectivity index (χ1v) is 5.12. The molecule has 1 N–H and O–H groups in total. The molecule has 0 unspecified atom stereocenters. The van der Waals surface area contributed by atoms with Gasteiger partial charge in [0.15, 0.2) is 0 Å². The minimum atomic E-state index is 0.428. The fourth-order valence-corrected chi connectivity index (χ4v) is 1.10. The molecule has 0 fully saturated rings. The topological polar surface area (TPSA) is 12.0 Å². The summed E-state index contributed by atoms with van der Waals surface area (Å²) in [5.74, 6) is 0.849. The maximum Gasteiger partial charge on any atom is -0.0000126 e. The summed E-state index contributed by atoms with van der Waals surface area (Å²) in [5.41, 5.74) is 0.428. The first kappa shape index (κ1) is 12.0. The molecule has 0 spiro atoms. The van der Waals surface area contributed by atoms with Crippen LogP contribution >= 0.6 is 0 Å². The van der Waals surface area contributed by atoms with Crippen molar-refractivity contribution in [3.05, 3.63) is 0 Å². The van der Waals surface area contributed by atoms with Gasteiger partial charge in [0, 0.05) is 0 Å². The lowest BCUT2D eigenvalue weighted by Crippen LogP contribution is -2.27. The Kier molecular flexibility index (Phi) is 5.56. The Morgan fingerprint density at radius 3 is 2.17 bits per heavy atom. The monoisotopic (exact) mass is 171 g/mol. The van der Waals surface area contributed by atoms with E-state index in [1.165, 1.54) is 19.4 Å². The Morgan fingerprint density at radius 1 is 1.17 bits per heavy atom. The fraction of sp³-hybridized carbons (Fsp3) is 1.00. The van der Waals surface area contributed by atoms with E-state index in [4.69, 9.17) is 0 Å². The molecule has 0 aromatic carbocycles. The maximum atomic E-state index is 3.48. The van der Waals surface area contributed by atoms with Gasteiger partial charge in [-0.1, -0.05) is 34.6 Å². The highest BCUT2D eigenvalue weighted by Gasteiger charge is 2.08. The van der Waals surface area contributed by atoms with Crippen molar-refractivity contribution in [2.75, 3.05) is 13.1 Å². The zero-order chi connectivity index (χ0) is 9.61. The summed E-state index contributed by atoms with van der Waals surface area (Å²) >= 11 is 0. The number of rotatable bonds is 5. The van der Waals surface area contributed by atoms with E-state index in [-0.39, 0.29) is 0 Å². The van der Waals surface area contributed by atoms with Gasteiger partial charge in [0.25, 0.3) is 0 Å². The maximum absolute atomic E-state index is 3.48. The Balaban J connectivity index is 3.12. The molecule has 0 amide bonds. The quantitative estimate of drug-likeness (QED) is 0.627. The Hall–Kier alpha value is -0.0400. The Morgan fingerprint density at radius 2 is 1.75 bits per heavy atom. The summed E-state index contributed by atoms with van der Waals surface area (Å²) < 4.78 is 0. The van der Waals surface area contributed by atoms with Gasteiger partial charge in [-0.3, -0.25) is 0 Å². The largest absolute Gasteiger partial charge is 0.316 e. The highest BCUT2D eigenvalue weighted by molar-refractivity contribution is 4.64. The van der Waals surface area contributed by atoms with E-state index < -0.39 is 0 Å². The van der Waals surface area contributed by atoms with E-state index in [9.17, 15) is 0 Å². The van der Waals surface area contributed by atoms with Crippen LogP contribution in [0, 0.1) is 11.3 Å². The Bertz CT molecular complexity index is 100. The van der Waals surface area contributed by atoms with Gasteiger partial charge >= 0.3 is 0 Å². The predicted molar refractivity (Wildman–Crippen MR) is 56.4 cm³/mol. The van der Waals surface area contributed by atoms with Crippen LogP contribution in [0.2, 0.25) is 0 Å². The molecule has 0 aromatic rings. The van der Waals surface area contributed by atoms with Crippen molar-refractivity contribution in [3.8, 4) is 0 Å². The molecule has 12 heavy (non-hydrogen) atoms. The molecule has 0 saturated heterocycles. The van der Waals surface area contributed by atoms with Gasteiger partial charge < -0.3 is 5.32 Å². The second-order valence-corrected chi connectivity index (χ2v) is 5.27. The second-order valence-electron chi connectivity index (χ2n) is 5.27. The number of nitrogens with one attached hydrogen (secondary N) is 1. The van der Waals surface area contributed by atoms with Gasteiger partial charge in [-0.2, -0.15) is 0 Å². The summed E-state index contributed by atoms with van der Waals surface area (Å²) in [6, 6.07) is 0. The van der Waals surface area contributed by atoms with Crippen LogP contribution in [-0.2, 0) is 0 Å². The number of hydrogen-bond acceptors (Lipinski definition) is 1. The van der Waals surface area contributed by atoms with Crippen LogP contribution in [0.15, 0.2) is 0 Å². The van der Waals surface area contributed by atoms with Crippen LogP contribution in [0.3, 0.4) is 0 Å². The molecular formula is C11H25N. The van der Waals surface area contributed by atoms with E-state index in [1.807, 2.05) is 0 Å². The third kappa shape index (κ3) is 9.96. The van der Waals surface area contributed by atoms with Crippen LogP contribution in [-0.4, -0.2) is 13.1 Å². The lowest BCUT2D eigenvalue weighted by atomic mass is 9.97. The molecule has 0 saturated carbocycles. The molecule has 74 valence electrons. The van der Waals surface area contributed by atoms with E-state index >= 15 is 0 Å². The summed E-state index contributed by atoms with van der Waals surface area (Å²) in [5, 5.41) is 3.48. The van der Waals surface area contributed by atoms with Crippen LogP contribution < -0.4 is 5.32 Å². The van der Waals surface area contributed by atoms with Gasteiger partial charge in [0.2, 0.25) is 0 Å². The van der Waals surface area contributed by atoms with E-state index in [2.05, 4.69) is 39.9 Å². The van der Waals surface area contributed by atoms with Gasteiger partial charge in [0.1, 0.15) is 0 Å². The van der Waals surface area contributed by atoms with Crippen molar-refractivity contribution in [1.82, 2.24) is 5.32 Å². The SMILES string of the molecule is CC(C)CCCNCC(C)(C)C. The molecule has 0 aliphatic heterocycles. The van der Waals surface area contributed by atoms with Crippen LogP contribution in [0.5, 0.6) is 0 Å². The zero-order valence-electron chi connectivity index (χ0n) is 9.41. The van der Waals surface area contributed by atoms with Crippen molar-refractivity contribution >= 4 is 0 Å². The zero-order valence-corrected chi connectivity index (χ0v) is 9.41. The molecule has 0 atom stereocenters. The summed E-state index contributed by atoms with van der Waals surface area (Å²) in [6.07, 6.45) is 2.66. The highest BCUT2D eigenvalue weighted by Crippen LogP contribution is 2.10. The molecule has 0 heterocycles. The molecular weight excluding hydrogens is 146 g/mol. The van der Waals surface area contributed by atoms with E-state index in [0.717, 1.165) is 12.5 Å². The van der Waals surface area contributed by atoms with Crippen molar-refractivity contribution in [2.45, 2.75) is 47.5 Å². The van der Waals surface area contributed by atoms with Crippen molar-refractivity contribution in [2.24, 2.45) is 11.3 Å². The third-order valence-corrected chi connectivity index (χ3v) is 1.79. The summed E-state index contributed by atoms with van der Waals surface area (Å²) in [4.78, 5) is 0. The minimum absolute atomic E-state index is 0.428. The lowest BCUT2D eigenvalue weighted by Gasteiger charge is -2.18. The van der Waals surface area contributed by atoms with Gasteiger partial charge in [-0.15, -0.1) is 0 Å². The van der Waals surface area contributed by atoms with Crippen LogP contribution in [0.1, 0.15) is 47.5 Å². The average Bonchev–Trinajstić information content (AvgIpc) is 1.83. The van der Waals surface area contributed by atoms with E-state index in [1.54, 1.807) is 0 Å². The molecule has 0 radical (unpaired) electrons. The van der Waals surface area contributed by atoms with Gasteiger partial charge in [0.05, 0.1) is 0 Å². The molecule has 0 aliphatic rings. The first-order chi connectivity index (χ1) is 5.42. The fourth-order valence-electron chi connectivity index (χ4n) is 1.10. The number of hydrogen-bond donors (Lipinski definition) is 1. The van der Waals surface area contributed by atoms with Crippen molar-refractivity contribution in [1.29, 1.82) is 0 Å². The lowest BCUT2D eigenvalue weighted by molar-refractivity contribution is 0.374. The predicted octanol–water partition coefficient (Wildman–Crippen LogP) is 3.06. The highest BCUT2D eigenvalue weighted by atomic mass is 14.9. The second kappa shape index (κ2) is 5.58. The third-order valence-electron chi connectivity index (χ3n) is 1.79. The summed E-state index contributed by atoms with van der Waals surface area (Å²) in [7, 11) is 0. The van der Waals surface area contributed by atoms with Gasteiger partial charge in [-0.05, 0) is 37.3 Å². The molecule has 0 rings (SSSR count). The van der Waals surface area contributed by atoms with Crippen molar-refractivity contribution in [3.63, 3.8) is 0 Å². The Labute approximate surface area is 77.9 Å². The molecule has 1 nitrogen and oxygen atoms in total. The standard InChI is InChI=1S/C11H25N/c1-10(2)7-6-8-12-9-11(3,4)5/h10,12H,6-9H2,1-5H3. The smallest absolute Gasteiger partial charge is 0.0000126 e. The average molecular weight is 171 g/mol.